The van der Waals surface area contributed by atoms with Crippen molar-refractivity contribution in [3.05, 3.63) is 99.5 Å². The van der Waals surface area contributed by atoms with Gasteiger partial charge in [0.25, 0.3) is 0 Å². The molecule has 7 nitrogen and oxygen atoms in total. The van der Waals surface area contributed by atoms with E-state index in [1.54, 1.807) is 37.3 Å². The first-order valence-corrected chi connectivity index (χ1v) is 15.3. The number of halogens is 2. The van der Waals surface area contributed by atoms with Gasteiger partial charge in [0, 0.05) is 19.5 Å². The first-order chi connectivity index (χ1) is 18.5. The number of nitrogens with one attached hydrogen (secondary N) is 1. The maximum atomic E-state index is 14.1. The van der Waals surface area contributed by atoms with Gasteiger partial charge in [-0.05, 0) is 48.2 Å². The zero-order chi connectivity index (χ0) is 28.6. The third kappa shape index (κ3) is 8.21. The van der Waals surface area contributed by atoms with Gasteiger partial charge in [0.15, 0.2) is 0 Å². The summed E-state index contributed by atoms with van der Waals surface area (Å²) in [5, 5.41) is 3.51. The summed E-state index contributed by atoms with van der Waals surface area (Å²) in [4.78, 5) is 28.8. The summed E-state index contributed by atoms with van der Waals surface area (Å²) >= 11 is 12.4. The molecule has 0 bridgehead atoms. The fraction of sp³-hybridized carbons (Fsp3) is 0.310. The SMILES string of the molecule is CCNC(=O)[C@H](Cc1ccccc1)N(Cc1ccc(Cl)c(Cl)c1)C(=O)CN(c1ccccc1CC)S(C)(=O)=O. The maximum Gasteiger partial charge on any atom is 0.244 e. The average molecular weight is 591 g/mol. The molecule has 39 heavy (non-hydrogen) atoms. The van der Waals surface area contributed by atoms with Crippen LogP contribution in [0.4, 0.5) is 5.69 Å². The molecule has 0 saturated heterocycles. The Morgan fingerprint density at radius 1 is 0.897 bits per heavy atom. The normalized spacial score (nSPS) is 12.0. The number of para-hydroxylation sites is 1. The first-order valence-electron chi connectivity index (χ1n) is 12.7. The molecule has 3 aromatic carbocycles. The van der Waals surface area contributed by atoms with Crippen molar-refractivity contribution in [1.82, 2.24) is 10.2 Å². The topological polar surface area (TPSA) is 86.8 Å². The zero-order valence-corrected chi connectivity index (χ0v) is 24.6. The van der Waals surface area contributed by atoms with Crippen LogP contribution in [0.25, 0.3) is 0 Å². The first kappa shape index (κ1) is 30.5. The lowest BCUT2D eigenvalue weighted by Crippen LogP contribution is -2.53. The standard InChI is InChI=1S/C29H33Cl2N3O4S/c1-4-23-13-9-10-14-26(23)34(39(3,37)38)20-28(35)33(19-22-15-16-24(30)25(31)17-22)27(29(36)32-5-2)18-21-11-7-6-8-12-21/h6-17,27H,4-5,18-20H2,1-3H3,(H,32,36)/t27-/m0/s1. The third-order valence-corrected chi connectivity index (χ3v) is 8.14. The number of nitrogens with zero attached hydrogens (tertiary/aromatic N) is 2. The number of anilines is 1. The van der Waals surface area contributed by atoms with E-state index in [9.17, 15) is 18.0 Å². The molecule has 0 heterocycles. The van der Waals surface area contributed by atoms with E-state index in [1.807, 2.05) is 49.4 Å². The Labute approximate surface area is 240 Å². The number of hydrogen-bond donors (Lipinski definition) is 1. The van der Waals surface area contributed by atoms with Crippen molar-refractivity contribution in [3.63, 3.8) is 0 Å². The number of hydrogen-bond acceptors (Lipinski definition) is 4. The average Bonchev–Trinajstić information content (AvgIpc) is 2.91. The zero-order valence-electron chi connectivity index (χ0n) is 22.2. The van der Waals surface area contributed by atoms with Crippen LogP contribution in [0.1, 0.15) is 30.5 Å². The summed E-state index contributed by atoms with van der Waals surface area (Å²) in [5.41, 5.74) is 2.73. The van der Waals surface area contributed by atoms with Gasteiger partial charge in [0.2, 0.25) is 21.8 Å². The predicted molar refractivity (Wildman–Crippen MR) is 158 cm³/mol. The van der Waals surface area contributed by atoms with Crippen LogP contribution in [0.3, 0.4) is 0 Å². The van der Waals surface area contributed by atoms with Gasteiger partial charge in [0.05, 0.1) is 22.0 Å². The summed E-state index contributed by atoms with van der Waals surface area (Å²) in [6.45, 7) is 3.65. The highest BCUT2D eigenvalue weighted by molar-refractivity contribution is 7.92. The number of likely N-dealkylation sites (N-methyl/N-ethyl adjacent to an activating group) is 1. The highest BCUT2D eigenvalue weighted by Crippen LogP contribution is 2.26. The van der Waals surface area contributed by atoms with Crippen LogP contribution >= 0.6 is 23.2 Å². The van der Waals surface area contributed by atoms with E-state index >= 15 is 0 Å². The molecular formula is C29H33Cl2N3O4S. The Morgan fingerprint density at radius 2 is 1.56 bits per heavy atom. The molecule has 10 heteroatoms. The van der Waals surface area contributed by atoms with Crippen molar-refractivity contribution in [2.24, 2.45) is 0 Å². The van der Waals surface area contributed by atoms with Gasteiger partial charge in [-0.1, -0.05) is 84.7 Å². The highest BCUT2D eigenvalue weighted by Gasteiger charge is 2.33. The van der Waals surface area contributed by atoms with E-state index in [1.165, 1.54) is 4.90 Å². The molecule has 1 atom stereocenters. The minimum absolute atomic E-state index is 0.0252. The van der Waals surface area contributed by atoms with Gasteiger partial charge < -0.3 is 10.2 Å². The van der Waals surface area contributed by atoms with E-state index in [2.05, 4.69) is 5.32 Å². The number of carbonyl (C=O) groups is 2. The van der Waals surface area contributed by atoms with Gasteiger partial charge in [0.1, 0.15) is 12.6 Å². The van der Waals surface area contributed by atoms with Gasteiger partial charge in [-0.2, -0.15) is 0 Å². The Morgan fingerprint density at radius 3 is 2.18 bits per heavy atom. The van der Waals surface area contributed by atoms with E-state index < -0.39 is 28.5 Å². The monoisotopic (exact) mass is 589 g/mol. The van der Waals surface area contributed by atoms with Crippen molar-refractivity contribution in [2.75, 3.05) is 23.7 Å². The molecule has 1 N–H and O–H groups in total. The number of amides is 2. The molecule has 0 unspecified atom stereocenters. The van der Waals surface area contributed by atoms with E-state index in [-0.39, 0.29) is 18.9 Å². The number of benzene rings is 3. The molecule has 0 radical (unpaired) electrons. The van der Waals surface area contributed by atoms with Crippen molar-refractivity contribution in [1.29, 1.82) is 0 Å². The molecule has 0 fully saturated rings. The van der Waals surface area contributed by atoms with Crippen molar-refractivity contribution in [3.8, 4) is 0 Å². The Kier molecular flexibility index (Phi) is 10.8. The fourth-order valence-electron chi connectivity index (χ4n) is 4.33. The molecule has 2 amide bonds. The number of sulfonamides is 1. The predicted octanol–water partition coefficient (Wildman–Crippen LogP) is 5.10. The summed E-state index contributed by atoms with van der Waals surface area (Å²) in [6.07, 6.45) is 1.89. The Balaban J connectivity index is 2.08. The van der Waals surface area contributed by atoms with Crippen LogP contribution in [0.2, 0.25) is 10.0 Å². The van der Waals surface area contributed by atoms with Crippen LogP contribution in [0.5, 0.6) is 0 Å². The lowest BCUT2D eigenvalue weighted by Gasteiger charge is -2.34. The third-order valence-electron chi connectivity index (χ3n) is 6.28. The molecule has 0 spiro atoms. The molecule has 0 aliphatic rings. The molecule has 0 aliphatic carbocycles. The number of aryl methyl sites for hydroxylation is 1. The summed E-state index contributed by atoms with van der Waals surface area (Å²) in [5.74, 6) is -0.862. The number of rotatable bonds is 12. The minimum atomic E-state index is -3.83. The van der Waals surface area contributed by atoms with Crippen molar-refractivity contribution in [2.45, 2.75) is 39.3 Å². The molecule has 0 aromatic heterocycles. The van der Waals surface area contributed by atoms with E-state index in [4.69, 9.17) is 23.2 Å². The summed E-state index contributed by atoms with van der Waals surface area (Å²) in [6, 6.07) is 20.5. The second-order valence-electron chi connectivity index (χ2n) is 9.12. The second kappa shape index (κ2) is 13.8. The molecule has 3 rings (SSSR count). The van der Waals surface area contributed by atoms with Crippen LogP contribution in [-0.2, 0) is 39.0 Å². The lowest BCUT2D eigenvalue weighted by atomic mass is 10.0. The van der Waals surface area contributed by atoms with Crippen LogP contribution in [-0.4, -0.2) is 50.5 Å². The van der Waals surface area contributed by atoms with Gasteiger partial charge >= 0.3 is 0 Å². The van der Waals surface area contributed by atoms with Crippen molar-refractivity contribution < 1.29 is 18.0 Å². The Hall–Kier alpha value is -3.07. The van der Waals surface area contributed by atoms with Gasteiger partial charge in [-0.25, -0.2) is 8.42 Å². The van der Waals surface area contributed by atoms with E-state index in [0.717, 1.165) is 21.7 Å². The molecule has 3 aromatic rings. The Bertz CT molecular complexity index is 1400. The molecule has 208 valence electrons. The van der Waals surface area contributed by atoms with Crippen LogP contribution in [0.15, 0.2) is 72.8 Å². The van der Waals surface area contributed by atoms with E-state index in [0.29, 0.717) is 34.3 Å². The fourth-order valence-corrected chi connectivity index (χ4v) is 5.53. The van der Waals surface area contributed by atoms with Gasteiger partial charge in [-0.3, -0.25) is 13.9 Å². The summed E-state index contributed by atoms with van der Waals surface area (Å²) < 4.78 is 27.0. The minimum Gasteiger partial charge on any atom is -0.355 e. The highest BCUT2D eigenvalue weighted by atomic mass is 35.5. The smallest absolute Gasteiger partial charge is 0.244 e. The second-order valence-corrected chi connectivity index (χ2v) is 11.8. The quantitative estimate of drug-likeness (QED) is 0.318. The van der Waals surface area contributed by atoms with Crippen LogP contribution < -0.4 is 9.62 Å². The summed E-state index contributed by atoms with van der Waals surface area (Å²) in [7, 11) is -3.83. The molecule has 0 saturated carbocycles. The lowest BCUT2D eigenvalue weighted by molar-refractivity contribution is -0.140. The number of carbonyl (C=O) groups excluding carboxylic acids is 2. The largest absolute Gasteiger partial charge is 0.355 e. The molecule has 0 aliphatic heterocycles. The molecular weight excluding hydrogens is 557 g/mol. The maximum absolute atomic E-state index is 14.1. The van der Waals surface area contributed by atoms with Crippen LogP contribution in [0, 0.1) is 0 Å². The van der Waals surface area contributed by atoms with Gasteiger partial charge in [-0.15, -0.1) is 0 Å². The van der Waals surface area contributed by atoms with Crippen molar-refractivity contribution >= 4 is 50.7 Å².